The van der Waals surface area contributed by atoms with E-state index in [1.165, 1.54) is 30.3 Å². The molecule has 0 amide bonds. The fraction of sp³-hybridized carbons (Fsp3) is 0.500. The maximum atomic E-state index is 12.5. The van der Waals surface area contributed by atoms with Crippen LogP contribution in [0.3, 0.4) is 0 Å². The summed E-state index contributed by atoms with van der Waals surface area (Å²) in [6.45, 7) is -3.28. The Bertz CT molecular complexity index is 747. The molecule has 4 heteroatoms. The van der Waals surface area contributed by atoms with Gasteiger partial charge in [0.25, 0.3) is 0 Å². The highest BCUT2D eigenvalue weighted by Crippen LogP contribution is 2.26. The van der Waals surface area contributed by atoms with Crippen molar-refractivity contribution in [3.05, 3.63) is 35.9 Å². The van der Waals surface area contributed by atoms with Gasteiger partial charge in [0.1, 0.15) is 0 Å². The summed E-state index contributed by atoms with van der Waals surface area (Å²) in [5.74, 6) is -4.38. The van der Waals surface area contributed by atoms with Gasteiger partial charge in [0.15, 0.2) is 0 Å². The Morgan fingerprint density at radius 3 is 2.94 bits per heavy atom. The molecule has 1 saturated heterocycles. The third-order valence-corrected chi connectivity index (χ3v) is 2.20. The average molecular weight is 280 g/mol. The minimum Gasteiger partial charge on any atom is -0.469 e. The van der Waals surface area contributed by atoms with Gasteiger partial charge >= 0.3 is 5.97 Å². The molecular formula is C14H20ClNO2. The van der Waals surface area contributed by atoms with Crippen LogP contribution in [0.25, 0.3) is 0 Å². The van der Waals surface area contributed by atoms with E-state index >= 15 is 0 Å². The lowest BCUT2D eigenvalue weighted by molar-refractivity contribution is -0.143. The molecule has 1 fully saturated rings. The number of rotatable bonds is 3. The van der Waals surface area contributed by atoms with Crippen LogP contribution in [-0.2, 0) is 9.53 Å². The first-order chi connectivity index (χ1) is 12.0. The zero-order valence-corrected chi connectivity index (χ0v) is 10.4. The van der Waals surface area contributed by atoms with Crippen LogP contribution in [0.1, 0.15) is 44.3 Å². The van der Waals surface area contributed by atoms with Gasteiger partial charge in [-0.15, -0.1) is 12.4 Å². The highest BCUT2D eigenvalue weighted by Gasteiger charge is 2.31. The lowest BCUT2D eigenvalue weighted by Gasteiger charge is -2.29. The van der Waals surface area contributed by atoms with Gasteiger partial charge in [0, 0.05) is 19.7 Å². The average Bonchev–Trinajstić information content (AvgIpc) is 2.58. The van der Waals surface area contributed by atoms with Crippen molar-refractivity contribution in [2.24, 2.45) is 0 Å². The summed E-state index contributed by atoms with van der Waals surface area (Å²) in [6, 6.07) is 3.53. The Labute approximate surface area is 128 Å². The second-order valence-electron chi connectivity index (χ2n) is 3.23. The minimum absolute atomic E-state index is 0. The molecule has 3 nitrogen and oxygen atoms in total. The maximum Gasteiger partial charge on any atom is 0.314 e. The van der Waals surface area contributed by atoms with Crippen LogP contribution in [0.4, 0.5) is 0 Å². The molecular weight excluding hydrogens is 250 g/mol. The first-order valence-electron chi connectivity index (χ1n) is 9.98. The molecule has 0 saturated carbocycles. The molecule has 0 aliphatic carbocycles. The molecule has 0 unspecified atom stereocenters. The van der Waals surface area contributed by atoms with Gasteiger partial charge in [-0.1, -0.05) is 36.7 Å². The van der Waals surface area contributed by atoms with Gasteiger partial charge < -0.3 is 10.1 Å². The topological polar surface area (TPSA) is 38.3 Å². The predicted octanol–water partition coefficient (Wildman–Crippen LogP) is 2.51. The quantitative estimate of drug-likeness (QED) is 0.864. The van der Waals surface area contributed by atoms with E-state index in [1.807, 2.05) is 0 Å². The summed E-state index contributed by atoms with van der Waals surface area (Å²) < 4.78 is 85.5. The molecule has 1 heterocycles. The molecule has 0 bridgehead atoms. The van der Waals surface area contributed by atoms with E-state index in [0.717, 1.165) is 7.11 Å². The fourth-order valence-electron chi connectivity index (χ4n) is 1.45. The van der Waals surface area contributed by atoms with E-state index in [2.05, 4.69) is 4.74 Å². The number of halogens is 1. The molecule has 1 aliphatic rings. The molecule has 100 valence electrons. The van der Waals surface area contributed by atoms with Crippen molar-refractivity contribution in [2.45, 2.75) is 31.0 Å². The van der Waals surface area contributed by atoms with Gasteiger partial charge in [-0.2, -0.15) is 0 Å². The number of carbonyl (C=O) groups excluding carboxylic acids is 1. The summed E-state index contributed by atoms with van der Waals surface area (Å²) in [6.07, 6.45) is -10.5. The molecule has 1 aromatic carbocycles. The van der Waals surface area contributed by atoms with Crippen LogP contribution in [0.5, 0.6) is 0 Å². The Morgan fingerprint density at radius 2 is 2.28 bits per heavy atom. The lowest BCUT2D eigenvalue weighted by Crippen LogP contribution is -2.42. The van der Waals surface area contributed by atoms with Crippen LogP contribution >= 0.6 is 12.4 Å². The maximum absolute atomic E-state index is 12.5. The number of hydrogen-bond acceptors (Lipinski definition) is 3. The molecule has 2 rings (SSSR count). The van der Waals surface area contributed by atoms with E-state index in [1.54, 1.807) is 5.32 Å². The molecule has 2 atom stereocenters. The van der Waals surface area contributed by atoms with E-state index in [9.17, 15) is 4.79 Å². The van der Waals surface area contributed by atoms with Crippen molar-refractivity contribution in [3.63, 3.8) is 0 Å². The van der Waals surface area contributed by atoms with E-state index in [0.29, 0.717) is 0 Å². The molecule has 0 spiro atoms. The van der Waals surface area contributed by atoms with Crippen LogP contribution < -0.4 is 5.32 Å². The van der Waals surface area contributed by atoms with E-state index < -0.39 is 43.5 Å². The van der Waals surface area contributed by atoms with Crippen molar-refractivity contribution >= 4 is 18.4 Å². The summed E-state index contributed by atoms with van der Waals surface area (Å²) >= 11 is 0. The van der Waals surface area contributed by atoms with Crippen molar-refractivity contribution in [1.29, 1.82) is 0 Å². The normalized spacial score (nSPS) is 45.8. The molecule has 0 radical (unpaired) electrons. The van der Waals surface area contributed by atoms with Gasteiger partial charge in [0.05, 0.1) is 13.0 Å². The smallest absolute Gasteiger partial charge is 0.314 e. The van der Waals surface area contributed by atoms with Gasteiger partial charge in [-0.05, 0) is 24.8 Å². The number of nitrogens with one attached hydrogen (secondary N) is 1. The molecule has 18 heavy (non-hydrogen) atoms. The van der Waals surface area contributed by atoms with Crippen LogP contribution in [0.15, 0.2) is 30.3 Å². The number of benzene rings is 1. The molecule has 1 aromatic rings. The largest absolute Gasteiger partial charge is 0.469 e. The highest BCUT2D eigenvalue weighted by atomic mass is 35.5. The third-order valence-electron chi connectivity index (χ3n) is 2.20. The monoisotopic (exact) mass is 279 g/mol. The summed E-state index contributed by atoms with van der Waals surface area (Å²) in [7, 11) is 0.902. The summed E-state index contributed by atoms with van der Waals surface area (Å²) in [5, 5.41) is 1.78. The van der Waals surface area contributed by atoms with Crippen molar-refractivity contribution in [3.8, 4) is 0 Å². The zero-order chi connectivity index (χ0) is 21.1. The van der Waals surface area contributed by atoms with E-state index in [-0.39, 0.29) is 18.0 Å². The fourth-order valence-corrected chi connectivity index (χ4v) is 1.45. The van der Waals surface area contributed by atoms with Crippen molar-refractivity contribution < 1.29 is 23.2 Å². The van der Waals surface area contributed by atoms with Crippen LogP contribution in [-0.4, -0.2) is 25.6 Å². The van der Waals surface area contributed by atoms with Crippen molar-refractivity contribution in [2.75, 3.05) is 13.6 Å². The summed E-state index contributed by atoms with van der Waals surface area (Å²) in [5.41, 5.74) is -0.239. The zero-order valence-electron chi connectivity index (χ0n) is 19.6. The number of carbonyl (C=O) groups is 1. The Kier molecular flexibility index (Phi) is 2.44. The van der Waals surface area contributed by atoms with E-state index in [4.69, 9.17) is 13.7 Å². The second-order valence-corrected chi connectivity index (χ2v) is 3.23. The first-order valence-corrected chi connectivity index (χ1v) is 4.98. The number of esters is 1. The molecule has 1 N–H and O–H groups in total. The second kappa shape index (κ2) is 7.39. The predicted molar refractivity (Wildman–Crippen MR) is 74.1 cm³/mol. The minimum atomic E-state index is -3.58. The highest BCUT2D eigenvalue weighted by molar-refractivity contribution is 5.85. The Hall–Kier alpha value is -1.06. The standard InChI is InChI=1S/C14H19NO2.ClH/c1-17-14(16)13(11-7-3-2-4-8-11)12-9-5-6-10-15-12;/h2-4,7-8,12-13,15H,5-6,9-10H2,1H3;1H/t12-,13+;/m0./s1/i5D2,6D2,9D2,10D2,12D,13D;. The Balaban J connectivity index is 0.00000392. The SMILES string of the molecule is Cl.[2H]C1([2H])N[C@]([2H])([C@]([2H])(C(=O)OC)c2ccccc2)C([2H])([2H])C([2H])([2H])C1([2H])[2H]. The molecule has 1 aliphatic heterocycles. The number of piperidine rings is 1. The van der Waals surface area contributed by atoms with Gasteiger partial charge in [-0.3, -0.25) is 4.79 Å². The number of methoxy groups -OCH3 is 1. The first kappa shape index (κ1) is 5.93. The number of hydrogen-bond donors (Lipinski definition) is 1. The Morgan fingerprint density at radius 1 is 1.56 bits per heavy atom. The lowest BCUT2D eigenvalue weighted by atomic mass is 9.86. The van der Waals surface area contributed by atoms with Crippen LogP contribution in [0.2, 0.25) is 0 Å². The third kappa shape index (κ3) is 3.47. The summed E-state index contributed by atoms with van der Waals surface area (Å²) in [4.78, 5) is 12.5. The number of ether oxygens (including phenoxy) is 1. The van der Waals surface area contributed by atoms with Gasteiger partial charge in [0.2, 0.25) is 0 Å². The van der Waals surface area contributed by atoms with Crippen LogP contribution in [0, 0.1) is 0 Å². The molecule has 0 aromatic heterocycles. The van der Waals surface area contributed by atoms with Crippen molar-refractivity contribution in [1.82, 2.24) is 5.32 Å². The van der Waals surface area contributed by atoms with Gasteiger partial charge in [-0.25, -0.2) is 0 Å².